The second-order valence-electron chi connectivity index (χ2n) is 10.2. The molecule has 0 radical (unpaired) electrons. The summed E-state index contributed by atoms with van der Waals surface area (Å²) in [4.78, 5) is 28.9. The lowest BCUT2D eigenvalue weighted by molar-refractivity contribution is -0.140. The lowest BCUT2D eigenvalue weighted by Crippen LogP contribution is -2.53. The summed E-state index contributed by atoms with van der Waals surface area (Å²) in [5, 5.41) is 4.76. The van der Waals surface area contributed by atoms with Gasteiger partial charge in [-0.05, 0) is 43.2 Å². The molecule has 0 saturated heterocycles. The molecular weight excluding hydrogens is 498 g/mol. The van der Waals surface area contributed by atoms with Crippen molar-refractivity contribution in [2.45, 2.75) is 64.6 Å². The first-order valence-electron chi connectivity index (χ1n) is 13.3. The summed E-state index contributed by atoms with van der Waals surface area (Å²) in [6, 6.07) is 20.1. The van der Waals surface area contributed by atoms with Crippen molar-refractivity contribution in [3.05, 3.63) is 77.9 Å². The normalized spacial score (nSPS) is 14.8. The predicted molar refractivity (Wildman–Crippen MR) is 152 cm³/mol. The lowest BCUT2D eigenvalue weighted by atomic mass is 10.1. The van der Waals surface area contributed by atoms with Gasteiger partial charge in [0.15, 0.2) is 0 Å². The molecule has 0 unspecified atom stereocenters. The van der Waals surface area contributed by atoms with Crippen molar-refractivity contribution in [1.82, 2.24) is 10.2 Å². The summed E-state index contributed by atoms with van der Waals surface area (Å²) in [6.07, 6.45) is 5.58. The van der Waals surface area contributed by atoms with Crippen LogP contribution in [0.2, 0.25) is 0 Å². The van der Waals surface area contributed by atoms with E-state index in [-0.39, 0.29) is 18.5 Å². The summed E-state index contributed by atoms with van der Waals surface area (Å²) in [5.74, 6) is -0.602. The van der Waals surface area contributed by atoms with Crippen LogP contribution in [-0.4, -0.2) is 50.0 Å². The Morgan fingerprint density at radius 2 is 1.68 bits per heavy atom. The van der Waals surface area contributed by atoms with Gasteiger partial charge in [-0.15, -0.1) is 0 Å². The second-order valence-corrected chi connectivity index (χ2v) is 12.1. The molecule has 4 rings (SSSR count). The fraction of sp³-hybridized carbons (Fsp3) is 0.400. The molecule has 38 heavy (non-hydrogen) atoms. The summed E-state index contributed by atoms with van der Waals surface area (Å²) >= 11 is 0. The molecule has 1 saturated carbocycles. The molecular formula is C30H37N3O4S. The third kappa shape index (κ3) is 6.54. The number of amides is 2. The van der Waals surface area contributed by atoms with E-state index >= 15 is 0 Å². The molecule has 3 aromatic carbocycles. The summed E-state index contributed by atoms with van der Waals surface area (Å²) < 4.78 is 27.2. The van der Waals surface area contributed by atoms with Crippen molar-refractivity contribution in [2.24, 2.45) is 0 Å². The zero-order valence-electron chi connectivity index (χ0n) is 22.4. The number of aryl methyl sites for hydroxylation is 1. The van der Waals surface area contributed by atoms with Crippen molar-refractivity contribution in [2.75, 3.05) is 17.1 Å². The first-order chi connectivity index (χ1) is 18.2. The first-order valence-corrected chi connectivity index (χ1v) is 15.1. The molecule has 0 aliphatic heterocycles. The summed E-state index contributed by atoms with van der Waals surface area (Å²) in [5.41, 5.74) is 2.38. The Kier molecular flexibility index (Phi) is 8.72. The van der Waals surface area contributed by atoms with E-state index in [1.165, 1.54) is 0 Å². The number of nitrogens with zero attached hydrogens (tertiary/aromatic N) is 2. The minimum absolute atomic E-state index is 0.121. The van der Waals surface area contributed by atoms with Crippen LogP contribution in [0.25, 0.3) is 10.8 Å². The highest BCUT2D eigenvalue weighted by atomic mass is 32.2. The number of carbonyl (C=O) groups excluding carboxylic acids is 2. The van der Waals surface area contributed by atoms with E-state index in [4.69, 9.17) is 0 Å². The average molecular weight is 536 g/mol. The van der Waals surface area contributed by atoms with E-state index in [0.717, 1.165) is 58.1 Å². The highest BCUT2D eigenvalue weighted by Crippen LogP contribution is 2.29. The van der Waals surface area contributed by atoms with Crippen LogP contribution in [-0.2, 0) is 26.2 Å². The van der Waals surface area contributed by atoms with Crippen LogP contribution in [0.3, 0.4) is 0 Å². The SMILES string of the molecule is CC[C@H](C(=O)NC1CCCC1)N(Cc1cccc(C)c1)C(=O)CN(c1cccc2ccccc12)S(C)(=O)=O. The van der Waals surface area contributed by atoms with Crippen molar-refractivity contribution >= 4 is 38.3 Å². The van der Waals surface area contributed by atoms with Gasteiger partial charge in [-0.3, -0.25) is 13.9 Å². The highest BCUT2D eigenvalue weighted by molar-refractivity contribution is 7.92. The number of carbonyl (C=O) groups is 2. The van der Waals surface area contributed by atoms with Gasteiger partial charge in [0, 0.05) is 18.0 Å². The topological polar surface area (TPSA) is 86.8 Å². The largest absolute Gasteiger partial charge is 0.352 e. The molecule has 2 amide bonds. The Balaban J connectivity index is 1.69. The Labute approximate surface area is 225 Å². The molecule has 0 aromatic heterocycles. The zero-order valence-corrected chi connectivity index (χ0v) is 23.2. The quantitative estimate of drug-likeness (QED) is 0.405. The van der Waals surface area contributed by atoms with E-state index < -0.39 is 28.5 Å². The van der Waals surface area contributed by atoms with Crippen LogP contribution in [0.1, 0.15) is 50.2 Å². The fourth-order valence-electron chi connectivity index (χ4n) is 5.31. The van der Waals surface area contributed by atoms with Gasteiger partial charge >= 0.3 is 0 Å². The van der Waals surface area contributed by atoms with Gasteiger partial charge in [-0.2, -0.15) is 0 Å². The van der Waals surface area contributed by atoms with Crippen molar-refractivity contribution in [3.63, 3.8) is 0 Å². The van der Waals surface area contributed by atoms with E-state index in [1.807, 2.05) is 68.4 Å². The van der Waals surface area contributed by atoms with Crippen molar-refractivity contribution < 1.29 is 18.0 Å². The van der Waals surface area contributed by atoms with Gasteiger partial charge in [0.2, 0.25) is 21.8 Å². The van der Waals surface area contributed by atoms with Crippen molar-refractivity contribution in [3.8, 4) is 0 Å². The smallest absolute Gasteiger partial charge is 0.244 e. The van der Waals surface area contributed by atoms with Crippen molar-refractivity contribution in [1.29, 1.82) is 0 Å². The van der Waals surface area contributed by atoms with Crippen LogP contribution >= 0.6 is 0 Å². The number of anilines is 1. The predicted octanol–water partition coefficient (Wildman–Crippen LogP) is 4.78. The molecule has 1 atom stereocenters. The molecule has 0 spiro atoms. The maximum Gasteiger partial charge on any atom is 0.244 e. The number of benzene rings is 3. The van der Waals surface area contributed by atoms with E-state index in [1.54, 1.807) is 17.0 Å². The first kappa shape index (κ1) is 27.6. The molecule has 1 aliphatic rings. The Morgan fingerprint density at radius 1 is 1.00 bits per heavy atom. The number of sulfonamides is 1. The summed E-state index contributed by atoms with van der Waals surface area (Å²) in [6.45, 7) is 3.68. The van der Waals surface area contributed by atoms with Crippen LogP contribution in [0, 0.1) is 6.92 Å². The van der Waals surface area contributed by atoms with Gasteiger partial charge in [0.05, 0.1) is 11.9 Å². The van der Waals surface area contributed by atoms with Crippen LogP contribution in [0.5, 0.6) is 0 Å². The van der Waals surface area contributed by atoms with Gasteiger partial charge < -0.3 is 10.2 Å². The van der Waals surface area contributed by atoms with Crippen LogP contribution in [0.4, 0.5) is 5.69 Å². The molecule has 7 nitrogen and oxygen atoms in total. The maximum atomic E-state index is 14.0. The number of nitrogens with one attached hydrogen (secondary N) is 1. The standard InChI is InChI=1S/C30H37N3O4S/c1-4-27(30(35)31-25-15-6-7-16-25)32(20-23-12-9-11-22(2)19-23)29(34)21-33(38(3,36)37)28-18-10-14-24-13-5-8-17-26(24)28/h5,8-14,17-19,25,27H,4,6-7,15-16,20-21H2,1-3H3,(H,31,35)/t27-/m1/s1. The zero-order chi connectivity index (χ0) is 27.3. The number of fused-ring (bicyclic) bond motifs is 1. The van der Waals surface area contributed by atoms with Gasteiger partial charge in [0.25, 0.3) is 0 Å². The molecule has 0 heterocycles. The van der Waals surface area contributed by atoms with Crippen LogP contribution in [0.15, 0.2) is 66.7 Å². The van der Waals surface area contributed by atoms with E-state index in [2.05, 4.69) is 5.32 Å². The molecule has 0 bridgehead atoms. The third-order valence-corrected chi connectivity index (χ3v) is 8.36. The van der Waals surface area contributed by atoms with Gasteiger partial charge in [-0.1, -0.05) is 86.0 Å². The third-order valence-electron chi connectivity index (χ3n) is 7.24. The molecule has 1 fully saturated rings. The molecule has 1 N–H and O–H groups in total. The van der Waals surface area contributed by atoms with Gasteiger partial charge in [-0.25, -0.2) is 8.42 Å². The second kappa shape index (κ2) is 12.0. The van der Waals surface area contributed by atoms with E-state index in [0.29, 0.717) is 12.1 Å². The number of hydrogen-bond donors (Lipinski definition) is 1. The average Bonchev–Trinajstić information content (AvgIpc) is 3.39. The fourth-order valence-corrected chi connectivity index (χ4v) is 6.18. The Hall–Kier alpha value is -3.39. The molecule has 3 aromatic rings. The highest BCUT2D eigenvalue weighted by Gasteiger charge is 2.33. The van der Waals surface area contributed by atoms with E-state index in [9.17, 15) is 18.0 Å². The Morgan fingerprint density at radius 3 is 2.37 bits per heavy atom. The van der Waals surface area contributed by atoms with Gasteiger partial charge in [0.1, 0.15) is 12.6 Å². The maximum absolute atomic E-state index is 14.0. The number of hydrogen-bond acceptors (Lipinski definition) is 4. The minimum atomic E-state index is -3.80. The summed E-state index contributed by atoms with van der Waals surface area (Å²) in [7, 11) is -3.80. The van der Waals surface area contributed by atoms with Crippen LogP contribution < -0.4 is 9.62 Å². The minimum Gasteiger partial charge on any atom is -0.352 e. The molecule has 8 heteroatoms. The number of rotatable bonds is 10. The monoisotopic (exact) mass is 535 g/mol. The lowest BCUT2D eigenvalue weighted by Gasteiger charge is -2.33. The molecule has 202 valence electrons. The molecule has 1 aliphatic carbocycles. The Bertz CT molecular complexity index is 1390.